The van der Waals surface area contributed by atoms with E-state index >= 15 is 0 Å². The summed E-state index contributed by atoms with van der Waals surface area (Å²) in [5.41, 5.74) is 0.632. The number of nitrogens with zero attached hydrogens (tertiary/aromatic N) is 2. The fourth-order valence-corrected chi connectivity index (χ4v) is 5.70. The number of benzene rings is 3. The van der Waals surface area contributed by atoms with Crippen molar-refractivity contribution in [2.45, 2.75) is 76.8 Å². The predicted molar refractivity (Wildman–Crippen MR) is 174 cm³/mol. The van der Waals surface area contributed by atoms with E-state index in [2.05, 4.69) is 27.7 Å². The second-order valence-corrected chi connectivity index (χ2v) is 12.7. The molecule has 3 N–H and O–H groups in total. The molecule has 1 fully saturated rings. The Kier molecular flexibility index (Phi) is 11.5. The molecule has 1 atom stereocenters. The van der Waals surface area contributed by atoms with Crippen molar-refractivity contribution >= 4 is 23.9 Å². The van der Waals surface area contributed by atoms with Gasteiger partial charge in [-0.1, -0.05) is 91.0 Å². The molecule has 0 unspecified atom stereocenters. The van der Waals surface area contributed by atoms with Gasteiger partial charge >= 0.3 is 12.1 Å². The number of alkyl carbamates (subject to hydrolysis) is 1. The van der Waals surface area contributed by atoms with Gasteiger partial charge in [0.05, 0.1) is 6.42 Å². The van der Waals surface area contributed by atoms with Crippen molar-refractivity contribution in [1.29, 1.82) is 0 Å². The van der Waals surface area contributed by atoms with E-state index in [1.54, 1.807) is 20.8 Å². The quantitative estimate of drug-likeness (QED) is 0.265. The fourth-order valence-electron chi connectivity index (χ4n) is 5.70. The molecule has 3 aromatic rings. The normalized spacial score (nSPS) is 15.3. The molecule has 46 heavy (non-hydrogen) atoms. The van der Waals surface area contributed by atoms with Crippen molar-refractivity contribution in [3.8, 4) is 0 Å². The Morgan fingerprint density at radius 1 is 0.848 bits per heavy atom. The maximum Gasteiger partial charge on any atom is 0.408 e. The number of carbonyl (C=O) groups is 4. The topological polar surface area (TPSA) is 128 Å². The van der Waals surface area contributed by atoms with Crippen LogP contribution in [-0.4, -0.2) is 69.1 Å². The van der Waals surface area contributed by atoms with Gasteiger partial charge in [-0.3, -0.25) is 19.3 Å². The van der Waals surface area contributed by atoms with Gasteiger partial charge in [0, 0.05) is 32.7 Å². The van der Waals surface area contributed by atoms with E-state index in [9.17, 15) is 24.3 Å². The molecule has 4 rings (SSSR count). The lowest BCUT2D eigenvalue weighted by molar-refractivity contribution is -0.155. The lowest BCUT2D eigenvalue weighted by Crippen LogP contribution is -2.66. The second kappa shape index (κ2) is 15.5. The van der Waals surface area contributed by atoms with Crippen LogP contribution in [0.1, 0.15) is 56.7 Å². The van der Waals surface area contributed by atoms with Crippen LogP contribution in [0.5, 0.6) is 0 Å². The number of hydrogen-bond donors (Lipinski definition) is 3. The van der Waals surface area contributed by atoms with E-state index in [0.717, 1.165) is 16.7 Å². The van der Waals surface area contributed by atoms with Gasteiger partial charge in [-0.05, 0) is 50.3 Å². The Labute approximate surface area is 270 Å². The zero-order chi connectivity index (χ0) is 33.2. The van der Waals surface area contributed by atoms with Gasteiger partial charge < -0.3 is 25.4 Å². The smallest absolute Gasteiger partial charge is 0.408 e. The maximum atomic E-state index is 14.5. The van der Waals surface area contributed by atoms with Gasteiger partial charge in [-0.2, -0.15) is 0 Å². The third-order valence-corrected chi connectivity index (χ3v) is 7.98. The number of carboxylic acid groups (broad SMARTS) is 1. The van der Waals surface area contributed by atoms with Crippen LogP contribution in [0.4, 0.5) is 4.79 Å². The highest BCUT2D eigenvalue weighted by Gasteiger charge is 2.50. The number of rotatable bonds is 12. The Bertz CT molecular complexity index is 1450. The van der Waals surface area contributed by atoms with Gasteiger partial charge in [0.15, 0.2) is 0 Å². The van der Waals surface area contributed by atoms with Crippen LogP contribution in [0, 0.1) is 0 Å². The Hall–Kier alpha value is -4.70. The van der Waals surface area contributed by atoms with Crippen LogP contribution in [0.3, 0.4) is 0 Å². The summed E-state index contributed by atoms with van der Waals surface area (Å²) < 4.78 is 5.37. The summed E-state index contributed by atoms with van der Waals surface area (Å²) >= 11 is 0. The Morgan fingerprint density at radius 2 is 1.37 bits per heavy atom. The molecule has 10 nitrogen and oxygen atoms in total. The number of hydrogen-bond acceptors (Lipinski definition) is 6. The van der Waals surface area contributed by atoms with Crippen LogP contribution in [0.15, 0.2) is 91.0 Å². The molecule has 0 bridgehead atoms. The first-order valence-corrected chi connectivity index (χ1v) is 15.6. The molecule has 1 heterocycles. The minimum Gasteiger partial charge on any atom is -0.481 e. The van der Waals surface area contributed by atoms with Crippen LogP contribution in [0.2, 0.25) is 0 Å². The van der Waals surface area contributed by atoms with Crippen molar-refractivity contribution in [2.24, 2.45) is 0 Å². The SMILES string of the molecule is CC(C)(C)OC(=O)N[C@@H](CC(=O)O)C(=O)N(Cc1ccccc1)C1(C(=O)NCc2ccccc2)CCN(Cc2ccccc2)CC1. The zero-order valence-electron chi connectivity index (χ0n) is 26.8. The highest BCUT2D eigenvalue weighted by molar-refractivity contribution is 5.95. The number of nitrogens with one attached hydrogen (secondary N) is 2. The molecule has 1 aliphatic heterocycles. The maximum absolute atomic E-state index is 14.5. The van der Waals surface area contributed by atoms with E-state index in [-0.39, 0.29) is 19.0 Å². The minimum absolute atomic E-state index is 0.0449. The standard InChI is InChI=1S/C36H44N4O6/c1-35(2,3)46-34(45)38-30(23-31(41)42)32(43)40(26-29-17-11-6-12-18-29)36(33(44)37-24-27-13-7-4-8-14-27)19-21-39(22-20-36)25-28-15-9-5-10-16-28/h4-18,30H,19-26H2,1-3H3,(H,37,44)(H,38,45)(H,41,42)/t30-/m0/s1. The first-order chi connectivity index (χ1) is 21.9. The Balaban J connectivity index is 1.70. The monoisotopic (exact) mass is 628 g/mol. The molecular formula is C36H44N4O6. The number of likely N-dealkylation sites (tertiary alicyclic amines) is 1. The van der Waals surface area contributed by atoms with Crippen LogP contribution < -0.4 is 10.6 Å². The highest BCUT2D eigenvalue weighted by Crippen LogP contribution is 2.33. The number of carbonyl (C=O) groups excluding carboxylic acids is 3. The lowest BCUT2D eigenvalue weighted by Gasteiger charge is -2.48. The molecule has 0 aliphatic carbocycles. The molecule has 0 saturated carbocycles. The van der Waals surface area contributed by atoms with Gasteiger partial charge in [-0.25, -0.2) is 4.79 Å². The molecule has 1 aliphatic rings. The summed E-state index contributed by atoms with van der Waals surface area (Å²) in [6, 6.07) is 27.4. The van der Waals surface area contributed by atoms with Crippen molar-refractivity contribution < 1.29 is 29.0 Å². The van der Waals surface area contributed by atoms with Crippen LogP contribution in [-0.2, 0) is 38.8 Å². The molecule has 0 radical (unpaired) electrons. The molecular weight excluding hydrogens is 584 g/mol. The van der Waals surface area contributed by atoms with E-state index in [1.807, 2.05) is 78.9 Å². The summed E-state index contributed by atoms with van der Waals surface area (Å²) in [6.07, 6.45) is -0.964. The van der Waals surface area contributed by atoms with Gasteiger partial charge in [-0.15, -0.1) is 0 Å². The van der Waals surface area contributed by atoms with Crippen molar-refractivity contribution in [3.05, 3.63) is 108 Å². The first-order valence-electron chi connectivity index (χ1n) is 15.6. The number of amides is 3. The molecule has 1 saturated heterocycles. The number of ether oxygens (including phenoxy) is 1. The van der Waals surface area contributed by atoms with Gasteiger partial charge in [0.1, 0.15) is 17.2 Å². The van der Waals surface area contributed by atoms with E-state index in [0.29, 0.717) is 32.5 Å². The van der Waals surface area contributed by atoms with Crippen molar-refractivity contribution in [3.63, 3.8) is 0 Å². The van der Waals surface area contributed by atoms with Gasteiger partial charge in [0.25, 0.3) is 0 Å². The molecule has 0 aromatic heterocycles. The molecule has 244 valence electrons. The average Bonchev–Trinajstić information content (AvgIpc) is 3.03. The molecule has 3 aromatic carbocycles. The van der Waals surface area contributed by atoms with E-state index in [4.69, 9.17) is 4.74 Å². The van der Waals surface area contributed by atoms with Crippen LogP contribution >= 0.6 is 0 Å². The van der Waals surface area contributed by atoms with Crippen LogP contribution in [0.25, 0.3) is 0 Å². The molecule has 10 heteroatoms. The van der Waals surface area contributed by atoms with Crippen molar-refractivity contribution in [1.82, 2.24) is 20.4 Å². The summed E-state index contributed by atoms with van der Waals surface area (Å²) in [7, 11) is 0. The van der Waals surface area contributed by atoms with Gasteiger partial charge in [0.2, 0.25) is 11.8 Å². The summed E-state index contributed by atoms with van der Waals surface area (Å²) in [6.45, 7) is 7.08. The number of aliphatic carboxylic acids is 1. The summed E-state index contributed by atoms with van der Waals surface area (Å²) in [5, 5.41) is 15.3. The van der Waals surface area contributed by atoms with E-state index < -0.39 is 41.6 Å². The Morgan fingerprint density at radius 3 is 1.89 bits per heavy atom. The third-order valence-electron chi connectivity index (χ3n) is 7.98. The highest BCUT2D eigenvalue weighted by atomic mass is 16.6. The second-order valence-electron chi connectivity index (χ2n) is 12.7. The zero-order valence-corrected chi connectivity index (χ0v) is 26.8. The lowest BCUT2D eigenvalue weighted by atomic mass is 9.83. The molecule has 0 spiro atoms. The largest absolute Gasteiger partial charge is 0.481 e. The summed E-state index contributed by atoms with van der Waals surface area (Å²) in [4.78, 5) is 57.5. The first kappa shape index (κ1) is 34.2. The summed E-state index contributed by atoms with van der Waals surface area (Å²) in [5.74, 6) is -2.26. The fraction of sp³-hybridized carbons (Fsp3) is 0.389. The third kappa shape index (κ3) is 9.65. The number of carboxylic acids is 1. The average molecular weight is 629 g/mol. The molecule has 3 amide bonds. The van der Waals surface area contributed by atoms with E-state index in [1.165, 1.54) is 4.90 Å². The number of piperidine rings is 1. The van der Waals surface area contributed by atoms with Crippen molar-refractivity contribution in [2.75, 3.05) is 13.1 Å². The minimum atomic E-state index is -1.46. The predicted octanol–water partition coefficient (Wildman–Crippen LogP) is 4.73.